The molecule has 33 heavy (non-hydrogen) atoms. The summed E-state index contributed by atoms with van der Waals surface area (Å²) < 4.78 is 6.53. The van der Waals surface area contributed by atoms with Gasteiger partial charge < -0.3 is 10.1 Å². The van der Waals surface area contributed by atoms with Gasteiger partial charge in [0, 0.05) is 10.7 Å². The molecule has 0 aliphatic heterocycles. The van der Waals surface area contributed by atoms with E-state index in [4.69, 9.17) is 16.3 Å². The number of hydrogen-bond donors (Lipinski definition) is 2. The Morgan fingerprint density at radius 2 is 1.85 bits per heavy atom. The van der Waals surface area contributed by atoms with Crippen LogP contribution in [0.15, 0.2) is 58.1 Å². The highest BCUT2D eigenvalue weighted by Gasteiger charge is 2.17. The van der Waals surface area contributed by atoms with Crippen molar-refractivity contribution < 1.29 is 9.53 Å². The fraction of sp³-hybridized carbons (Fsp3) is 0.167. The van der Waals surface area contributed by atoms with E-state index in [0.29, 0.717) is 22.2 Å². The standard InChI is InChI=1S/C24H21ClN4O4/c1-13-4-7-16(10-20(13)25)27-22(30)18-11-19-21(26-14(18)2)29(24(32)28-23(19)31)12-15-5-8-17(33-3)9-6-15/h4-11H,12H2,1-3H3,(H,27,30)(H,28,31,32). The Labute approximate surface area is 193 Å². The number of aromatic nitrogens is 3. The first-order valence-corrected chi connectivity index (χ1v) is 10.5. The zero-order chi connectivity index (χ0) is 23.7. The Kier molecular flexibility index (Phi) is 6.02. The molecule has 0 unspecified atom stereocenters. The number of carbonyl (C=O) groups excluding carboxylic acids is 1. The molecule has 0 aliphatic rings. The van der Waals surface area contributed by atoms with Gasteiger partial charge >= 0.3 is 5.69 Å². The lowest BCUT2D eigenvalue weighted by Gasteiger charge is -2.13. The number of carbonyl (C=O) groups is 1. The molecule has 2 heterocycles. The minimum absolute atomic E-state index is 0.140. The molecular weight excluding hydrogens is 444 g/mol. The highest BCUT2D eigenvalue weighted by molar-refractivity contribution is 6.31. The monoisotopic (exact) mass is 464 g/mol. The maximum atomic E-state index is 12.9. The van der Waals surface area contributed by atoms with Gasteiger partial charge in [0.1, 0.15) is 11.4 Å². The molecule has 0 spiro atoms. The van der Waals surface area contributed by atoms with E-state index in [1.54, 1.807) is 44.4 Å². The van der Waals surface area contributed by atoms with E-state index in [-0.39, 0.29) is 23.1 Å². The Bertz CT molecular complexity index is 1490. The lowest BCUT2D eigenvalue weighted by molar-refractivity contribution is 0.102. The topological polar surface area (TPSA) is 106 Å². The number of pyridine rings is 1. The van der Waals surface area contributed by atoms with E-state index >= 15 is 0 Å². The number of H-pyrrole nitrogens is 1. The van der Waals surface area contributed by atoms with Crippen molar-refractivity contribution in [2.75, 3.05) is 12.4 Å². The molecule has 2 aromatic carbocycles. The molecule has 4 aromatic rings. The van der Waals surface area contributed by atoms with E-state index in [1.807, 2.05) is 19.1 Å². The SMILES string of the molecule is COc1ccc(Cn2c(=O)[nH]c(=O)c3cc(C(=O)Nc4ccc(C)c(Cl)c4)c(C)nc32)cc1. The number of aromatic amines is 1. The molecule has 168 valence electrons. The summed E-state index contributed by atoms with van der Waals surface area (Å²) in [6, 6.07) is 13.9. The Morgan fingerprint density at radius 1 is 1.12 bits per heavy atom. The maximum Gasteiger partial charge on any atom is 0.330 e. The first-order chi connectivity index (χ1) is 15.8. The number of anilines is 1. The van der Waals surface area contributed by atoms with Crippen molar-refractivity contribution >= 4 is 34.2 Å². The third-order valence-electron chi connectivity index (χ3n) is 5.33. The maximum absolute atomic E-state index is 12.9. The second kappa shape index (κ2) is 8.91. The fourth-order valence-corrected chi connectivity index (χ4v) is 3.63. The number of rotatable bonds is 5. The number of fused-ring (bicyclic) bond motifs is 1. The Morgan fingerprint density at radius 3 is 2.52 bits per heavy atom. The van der Waals surface area contributed by atoms with Crippen molar-refractivity contribution in [3.8, 4) is 5.75 Å². The highest BCUT2D eigenvalue weighted by atomic mass is 35.5. The molecule has 0 atom stereocenters. The summed E-state index contributed by atoms with van der Waals surface area (Å²) in [5, 5.41) is 3.44. The number of nitrogens with one attached hydrogen (secondary N) is 2. The second-order valence-corrected chi connectivity index (χ2v) is 8.01. The van der Waals surface area contributed by atoms with Crippen molar-refractivity contribution in [1.29, 1.82) is 0 Å². The molecule has 0 fully saturated rings. The van der Waals surface area contributed by atoms with Gasteiger partial charge in [0.2, 0.25) is 0 Å². The van der Waals surface area contributed by atoms with E-state index in [1.165, 1.54) is 10.6 Å². The molecule has 8 nitrogen and oxygen atoms in total. The smallest absolute Gasteiger partial charge is 0.330 e. The molecule has 0 bridgehead atoms. The lowest BCUT2D eigenvalue weighted by atomic mass is 10.1. The van der Waals surface area contributed by atoms with Crippen LogP contribution in [0.5, 0.6) is 5.75 Å². The first kappa shape index (κ1) is 22.3. The van der Waals surface area contributed by atoms with Gasteiger partial charge in [-0.25, -0.2) is 9.78 Å². The molecule has 0 saturated heterocycles. The summed E-state index contributed by atoms with van der Waals surface area (Å²) in [4.78, 5) is 44.8. The zero-order valence-corrected chi connectivity index (χ0v) is 19.0. The van der Waals surface area contributed by atoms with Crippen LogP contribution in [0.2, 0.25) is 5.02 Å². The van der Waals surface area contributed by atoms with Crippen LogP contribution in [-0.4, -0.2) is 27.6 Å². The third kappa shape index (κ3) is 4.51. The van der Waals surface area contributed by atoms with Gasteiger partial charge in [-0.3, -0.25) is 19.1 Å². The summed E-state index contributed by atoms with van der Waals surface area (Å²) in [5.41, 5.74) is 1.84. The van der Waals surface area contributed by atoms with Gasteiger partial charge in [-0.05, 0) is 55.3 Å². The van der Waals surface area contributed by atoms with Crippen LogP contribution in [-0.2, 0) is 6.54 Å². The van der Waals surface area contributed by atoms with Gasteiger partial charge in [0.15, 0.2) is 0 Å². The number of halogens is 1. The second-order valence-electron chi connectivity index (χ2n) is 7.60. The van der Waals surface area contributed by atoms with Gasteiger partial charge in [0.05, 0.1) is 30.3 Å². The quantitative estimate of drug-likeness (QED) is 0.468. The van der Waals surface area contributed by atoms with Gasteiger partial charge in [-0.1, -0.05) is 29.8 Å². The number of nitrogens with zero attached hydrogens (tertiary/aromatic N) is 2. The van der Waals surface area contributed by atoms with Crippen molar-refractivity contribution in [2.45, 2.75) is 20.4 Å². The summed E-state index contributed by atoms with van der Waals surface area (Å²) in [7, 11) is 1.57. The molecule has 0 saturated carbocycles. The van der Waals surface area contributed by atoms with E-state index in [9.17, 15) is 14.4 Å². The van der Waals surface area contributed by atoms with Crippen LogP contribution < -0.4 is 21.3 Å². The summed E-state index contributed by atoms with van der Waals surface area (Å²) in [6.07, 6.45) is 0. The number of hydrogen-bond acceptors (Lipinski definition) is 5. The average molecular weight is 465 g/mol. The molecule has 0 aliphatic carbocycles. The highest BCUT2D eigenvalue weighted by Crippen LogP contribution is 2.21. The van der Waals surface area contributed by atoms with Crippen molar-refractivity contribution in [3.63, 3.8) is 0 Å². The number of methoxy groups -OCH3 is 1. The molecule has 0 radical (unpaired) electrons. The summed E-state index contributed by atoms with van der Waals surface area (Å²) in [6.45, 7) is 3.71. The molecule has 4 rings (SSSR count). The minimum Gasteiger partial charge on any atom is -0.497 e. The number of ether oxygens (including phenoxy) is 1. The van der Waals surface area contributed by atoms with Crippen LogP contribution in [0.4, 0.5) is 5.69 Å². The van der Waals surface area contributed by atoms with Crippen LogP contribution in [0.25, 0.3) is 11.0 Å². The van der Waals surface area contributed by atoms with Crippen molar-refractivity contribution in [1.82, 2.24) is 14.5 Å². The molecule has 2 aromatic heterocycles. The molecule has 1 amide bonds. The van der Waals surface area contributed by atoms with Crippen LogP contribution in [0, 0.1) is 13.8 Å². The van der Waals surface area contributed by atoms with Gasteiger partial charge in [0.25, 0.3) is 11.5 Å². The van der Waals surface area contributed by atoms with Crippen LogP contribution in [0.1, 0.15) is 27.2 Å². The Hall–Kier alpha value is -3.91. The number of aryl methyl sites for hydroxylation is 2. The molecular formula is C24H21ClN4O4. The minimum atomic E-state index is -0.610. The van der Waals surface area contributed by atoms with E-state index in [0.717, 1.165) is 11.1 Å². The van der Waals surface area contributed by atoms with Crippen LogP contribution in [0.3, 0.4) is 0 Å². The van der Waals surface area contributed by atoms with Crippen molar-refractivity contribution in [2.24, 2.45) is 0 Å². The first-order valence-electron chi connectivity index (χ1n) is 10.1. The fourth-order valence-electron chi connectivity index (χ4n) is 3.45. The predicted octanol–water partition coefficient (Wildman–Crippen LogP) is 3.66. The van der Waals surface area contributed by atoms with Gasteiger partial charge in [-0.15, -0.1) is 0 Å². The van der Waals surface area contributed by atoms with Crippen molar-refractivity contribution in [3.05, 3.63) is 96.8 Å². The molecule has 9 heteroatoms. The summed E-state index contributed by atoms with van der Waals surface area (Å²) >= 11 is 6.14. The normalized spacial score (nSPS) is 10.9. The largest absolute Gasteiger partial charge is 0.497 e. The van der Waals surface area contributed by atoms with E-state index < -0.39 is 17.2 Å². The summed E-state index contributed by atoms with van der Waals surface area (Å²) in [5.74, 6) is 0.256. The van der Waals surface area contributed by atoms with Crippen LogP contribution >= 0.6 is 11.6 Å². The molecule has 2 N–H and O–H groups in total. The van der Waals surface area contributed by atoms with E-state index in [2.05, 4.69) is 15.3 Å². The average Bonchev–Trinajstić information content (AvgIpc) is 2.79. The number of benzene rings is 2. The zero-order valence-electron chi connectivity index (χ0n) is 18.2. The van der Waals surface area contributed by atoms with Gasteiger partial charge in [-0.2, -0.15) is 0 Å². The predicted molar refractivity (Wildman–Crippen MR) is 128 cm³/mol. The number of amides is 1. The Balaban J connectivity index is 1.74. The lowest BCUT2D eigenvalue weighted by Crippen LogP contribution is -2.32. The third-order valence-corrected chi connectivity index (χ3v) is 5.74.